The van der Waals surface area contributed by atoms with Gasteiger partial charge in [0.2, 0.25) is 0 Å². The number of likely N-dealkylation sites (N-methyl/N-ethyl adjacent to an activating group) is 2. The molecule has 1 aromatic rings. The van der Waals surface area contributed by atoms with Gasteiger partial charge in [-0.3, -0.25) is 9.89 Å². The summed E-state index contributed by atoms with van der Waals surface area (Å²) in [6, 6.07) is 10.9. The molecule has 1 heterocycles. The topological polar surface area (TPSA) is 42.9 Å². The van der Waals surface area contributed by atoms with Crippen molar-refractivity contribution in [2.24, 2.45) is 4.99 Å². The van der Waals surface area contributed by atoms with E-state index < -0.39 is 0 Å². The molecule has 0 bridgehead atoms. The van der Waals surface area contributed by atoms with Crippen LogP contribution >= 0.6 is 0 Å². The van der Waals surface area contributed by atoms with Gasteiger partial charge in [0.05, 0.1) is 0 Å². The Labute approximate surface area is 128 Å². The average molecular weight is 289 g/mol. The van der Waals surface area contributed by atoms with Gasteiger partial charge in [-0.1, -0.05) is 30.3 Å². The molecular formula is C16H27N5. The minimum Gasteiger partial charge on any atom is -0.355 e. The quantitative estimate of drug-likeness (QED) is 0.629. The zero-order valence-electron chi connectivity index (χ0n) is 13.3. The normalized spacial score (nSPS) is 21.3. The van der Waals surface area contributed by atoms with Crippen molar-refractivity contribution in [3.8, 4) is 0 Å². The first-order chi connectivity index (χ1) is 10.2. The van der Waals surface area contributed by atoms with Crippen LogP contribution in [-0.2, 0) is 6.54 Å². The maximum Gasteiger partial charge on any atom is 0.191 e. The van der Waals surface area contributed by atoms with Crippen molar-refractivity contribution in [3.63, 3.8) is 0 Å². The Hall–Kier alpha value is -1.59. The van der Waals surface area contributed by atoms with Crippen molar-refractivity contribution in [2.45, 2.75) is 12.6 Å². The number of aliphatic imine (C=N–C) groups is 1. The fraction of sp³-hybridized carbons (Fsp3) is 0.562. The molecular weight excluding hydrogens is 262 g/mol. The Morgan fingerprint density at radius 2 is 1.95 bits per heavy atom. The summed E-state index contributed by atoms with van der Waals surface area (Å²) < 4.78 is 0. The Morgan fingerprint density at radius 3 is 2.67 bits per heavy atom. The van der Waals surface area contributed by atoms with Crippen molar-refractivity contribution in [1.82, 2.24) is 20.4 Å². The molecule has 0 spiro atoms. The van der Waals surface area contributed by atoms with E-state index in [1.165, 1.54) is 5.56 Å². The molecule has 2 N–H and O–H groups in total. The van der Waals surface area contributed by atoms with Gasteiger partial charge in [-0.05, 0) is 19.7 Å². The number of benzene rings is 1. The summed E-state index contributed by atoms with van der Waals surface area (Å²) in [5, 5.41) is 6.79. The van der Waals surface area contributed by atoms with Crippen LogP contribution in [0.15, 0.2) is 35.3 Å². The number of rotatable bonds is 4. The molecule has 0 saturated carbocycles. The lowest BCUT2D eigenvalue weighted by atomic mass is 10.2. The smallest absolute Gasteiger partial charge is 0.191 e. The molecule has 0 aliphatic carbocycles. The van der Waals surface area contributed by atoms with E-state index in [-0.39, 0.29) is 0 Å². The largest absolute Gasteiger partial charge is 0.355 e. The number of nitrogens with one attached hydrogen (secondary N) is 2. The number of guanidine groups is 1. The SMILES string of the molecule is CN=C(NCc1ccccc1)NCC1CN(C)CCN1C. The molecule has 5 nitrogen and oxygen atoms in total. The summed E-state index contributed by atoms with van der Waals surface area (Å²) in [6.07, 6.45) is 0. The van der Waals surface area contributed by atoms with E-state index in [1.807, 2.05) is 13.1 Å². The highest BCUT2D eigenvalue weighted by atomic mass is 15.3. The molecule has 0 amide bonds. The first-order valence-corrected chi connectivity index (χ1v) is 7.56. The number of piperazine rings is 1. The van der Waals surface area contributed by atoms with Crippen molar-refractivity contribution in [1.29, 1.82) is 0 Å². The van der Waals surface area contributed by atoms with Crippen molar-refractivity contribution >= 4 is 5.96 Å². The molecule has 0 aromatic heterocycles. The molecule has 1 fully saturated rings. The Kier molecular flexibility index (Phi) is 6.02. The van der Waals surface area contributed by atoms with Gasteiger partial charge in [0.1, 0.15) is 0 Å². The monoisotopic (exact) mass is 289 g/mol. The van der Waals surface area contributed by atoms with Gasteiger partial charge in [0.25, 0.3) is 0 Å². The highest BCUT2D eigenvalue weighted by Crippen LogP contribution is 2.04. The number of hydrogen-bond acceptors (Lipinski definition) is 3. The standard InChI is InChI=1S/C16H27N5/c1-17-16(18-11-14-7-5-4-6-8-14)19-12-15-13-20(2)9-10-21(15)3/h4-8,15H,9-13H2,1-3H3,(H2,17,18,19). The molecule has 1 unspecified atom stereocenters. The molecule has 1 aromatic carbocycles. The van der Waals surface area contributed by atoms with Gasteiger partial charge in [0.15, 0.2) is 5.96 Å². The molecule has 1 aliphatic rings. The third kappa shape index (κ3) is 5.02. The predicted octanol–water partition coefficient (Wildman–Crippen LogP) is 0.597. The fourth-order valence-corrected chi connectivity index (χ4v) is 2.54. The molecule has 1 aliphatic heterocycles. The van der Waals surface area contributed by atoms with Gasteiger partial charge in [-0.15, -0.1) is 0 Å². The van der Waals surface area contributed by atoms with E-state index in [0.29, 0.717) is 6.04 Å². The van der Waals surface area contributed by atoms with Crippen LogP contribution in [0.1, 0.15) is 5.56 Å². The molecule has 116 valence electrons. The van der Waals surface area contributed by atoms with E-state index >= 15 is 0 Å². The van der Waals surface area contributed by atoms with E-state index in [0.717, 1.165) is 38.7 Å². The van der Waals surface area contributed by atoms with Crippen LogP contribution in [0.5, 0.6) is 0 Å². The van der Waals surface area contributed by atoms with Gasteiger partial charge in [-0.2, -0.15) is 0 Å². The average Bonchev–Trinajstić information content (AvgIpc) is 2.51. The van der Waals surface area contributed by atoms with Crippen LogP contribution in [0.4, 0.5) is 0 Å². The first-order valence-electron chi connectivity index (χ1n) is 7.56. The molecule has 1 atom stereocenters. The number of nitrogens with zero attached hydrogens (tertiary/aromatic N) is 3. The maximum atomic E-state index is 4.29. The van der Waals surface area contributed by atoms with Gasteiger partial charge < -0.3 is 15.5 Å². The summed E-state index contributed by atoms with van der Waals surface area (Å²) in [5.74, 6) is 0.862. The van der Waals surface area contributed by atoms with E-state index in [1.54, 1.807) is 0 Å². The summed E-state index contributed by atoms with van der Waals surface area (Å²) in [7, 11) is 6.19. The summed E-state index contributed by atoms with van der Waals surface area (Å²) >= 11 is 0. The van der Waals surface area contributed by atoms with Crippen LogP contribution in [0.25, 0.3) is 0 Å². The highest BCUT2D eigenvalue weighted by molar-refractivity contribution is 5.79. The Balaban J connectivity index is 1.77. The van der Waals surface area contributed by atoms with Crippen molar-refractivity contribution in [3.05, 3.63) is 35.9 Å². The summed E-state index contributed by atoms with van der Waals surface area (Å²) in [6.45, 7) is 5.07. The minimum atomic E-state index is 0.527. The zero-order valence-corrected chi connectivity index (χ0v) is 13.3. The number of hydrogen-bond donors (Lipinski definition) is 2. The Morgan fingerprint density at radius 1 is 1.19 bits per heavy atom. The third-order valence-electron chi connectivity index (χ3n) is 4.01. The van der Waals surface area contributed by atoms with E-state index in [4.69, 9.17) is 0 Å². The van der Waals surface area contributed by atoms with Crippen LogP contribution < -0.4 is 10.6 Å². The molecule has 0 radical (unpaired) electrons. The van der Waals surface area contributed by atoms with Crippen LogP contribution in [0, 0.1) is 0 Å². The second kappa shape index (κ2) is 8.00. The van der Waals surface area contributed by atoms with Crippen LogP contribution in [0.3, 0.4) is 0 Å². The van der Waals surface area contributed by atoms with Crippen LogP contribution in [-0.4, -0.2) is 69.1 Å². The first kappa shape index (κ1) is 15.8. The van der Waals surface area contributed by atoms with E-state index in [9.17, 15) is 0 Å². The Bertz CT molecular complexity index is 445. The lowest BCUT2D eigenvalue weighted by Crippen LogP contribution is -2.55. The lowest BCUT2D eigenvalue weighted by Gasteiger charge is -2.37. The second-order valence-electron chi connectivity index (χ2n) is 5.69. The zero-order chi connectivity index (χ0) is 15.1. The fourth-order valence-electron chi connectivity index (χ4n) is 2.54. The molecule has 2 rings (SSSR count). The van der Waals surface area contributed by atoms with E-state index in [2.05, 4.69) is 63.8 Å². The van der Waals surface area contributed by atoms with Crippen LogP contribution in [0.2, 0.25) is 0 Å². The molecule has 5 heteroatoms. The van der Waals surface area contributed by atoms with Crippen molar-refractivity contribution < 1.29 is 0 Å². The maximum absolute atomic E-state index is 4.29. The highest BCUT2D eigenvalue weighted by Gasteiger charge is 2.21. The third-order valence-corrected chi connectivity index (χ3v) is 4.01. The van der Waals surface area contributed by atoms with Gasteiger partial charge >= 0.3 is 0 Å². The second-order valence-corrected chi connectivity index (χ2v) is 5.69. The van der Waals surface area contributed by atoms with Gasteiger partial charge in [0, 0.05) is 45.8 Å². The predicted molar refractivity (Wildman–Crippen MR) is 88.6 cm³/mol. The van der Waals surface area contributed by atoms with Gasteiger partial charge in [-0.25, -0.2) is 0 Å². The molecule has 21 heavy (non-hydrogen) atoms. The molecule has 1 saturated heterocycles. The summed E-state index contributed by atoms with van der Waals surface area (Å²) in [4.78, 5) is 9.09. The van der Waals surface area contributed by atoms with Crippen molar-refractivity contribution in [2.75, 3.05) is 47.3 Å². The minimum absolute atomic E-state index is 0.527. The lowest BCUT2D eigenvalue weighted by molar-refractivity contribution is 0.116. The summed E-state index contributed by atoms with van der Waals surface area (Å²) in [5.41, 5.74) is 1.26.